The van der Waals surface area contributed by atoms with Gasteiger partial charge in [0, 0.05) is 35.9 Å². The van der Waals surface area contributed by atoms with Crippen LogP contribution < -0.4 is 0 Å². The molecule has 0 radical (unpaired) electrons. The van der Waals surface area contributed by atoms with Crippen molar-refractivity contribution in [2.24, 2.45) is 14.1 Å². The smallest absolute Gasteiger partial charge is 0.0579 e. The first-order valence-electron chi connectivity index (χ1n) is 6.49. The van der Waals surface area contributed by atoms with Crippen molar-refractivity contribution < 1.29 is 0 Å². The maximum Gasteiger partial charge on any atom is 0.0579 e. The van der Waals surface area contributed by atoms with Gasteiger partial charge in [-0.1, -0.05) is 0 Å². The molecular weight excluding hydrogens is 284 g/mol. The number of aryl methyl sites for hydroxylation is 2. The minimum Gasteiger partial charge on any atom is -0.350 e. The summed E-state index contributed by atoms with van der Waals surface area (Å²) in [6, 6.07) is 13.2. The van der Waals surface area contributed by atoms with Crippen molar-refractivity contribution in [3.63, 3.8) is 0 Å². The average molecular weight is 298 g/mol. The summed E-state index contributed by atoms with van der Waals surface area (Å²) in [5.41, 5.74) is 2.58. The second kappa shape index (κ2) is 4.36. The standard InChI is InChI=1S/C16H14N2S2/c1-17-7-3-5-11(17)13-9-15-16(19-13)10-14(20-15)12-6-4-8-18(12)2/h3-10H,1-2H3. The van der Waals surface area contributed by atoms with Crippen molar-refractivity contribution in [3.8, 4) is 21.1 Å². The fourth-order valence-electron chi connectivity index (χ4n) is 2.52. The molecule has 0 amide bonds. The van der Waals surface area contributed by atoms with Crippen molar-refractivity contribution in [2.45, 2.75) is 0 Å². The van der Waals surface area contributed by atoms with Crippen LogP contribution in [0.15, 0.2) is 48.8 Å². The second-order valence-corrected chi connectivity index (χ2v) is 7.13. The first-order valence-corrected chi connectivity index (χ1v) is 8.12. The summed E-state index contributed by atoms with van der Waals surface area (Å²) in [6.45, 7) is 0. The summed E-state index contributed by atoms with van der Waals surface area (Å²) in [7, 11) is 4.19. The third-order valence-electron chi connectivity index (χ3n) is 3.60. The molecule has 0 unspecified atom stereocenters. The number of nitrogens with zero attached hydrogens (tertiary/aromatic N) is 2. The van der Waals surface area contributed by atoms with E-state index in [0.29, 0.717) is 0 Å². The number of rotatable bonds is 2. The molecule has 0 N–H and O–H groups in total. The Morgan fingerprint density at radius 3 is 1.55 bits per heavy atom. The van der Waals surface area contributed by atoms with Crippen LogP contribution in [-0.4, -0.2) is 9.13 Å². The Bertz CT molecular complexity index is 787. The Hall–Kier alpha value is -1.78. The number of fused-ring (bicyclic) bond motifs is 1. The first kappa shape index (κ1) is 12.0. The molecule has 0 atom stereocenters. The summed E-state index contributed by atoms with van der Waals surface area (Å²) < 4.78 is 7.10. The molecule has 4 rings (SSSR count). The molecule has 20 heavy (non-hydrogen) atoms. The van der Waals surface area contributed by atoms with Crippen LogP contribution in [0.5, 0.6) is 0 Å². The summed E-state index contributed by atoms with van der Waals surface area (Å²) in [5, 5.41) is 0. The molecule has 0 aliphatic carbocycles. The Balaban J connectivity index is 1.82. The highest BCUT2D eigenvalue weighted by Crippen LogP contribution is 2.41. The van der Waals surface area contributed by atoms with Crippen LogP contribution in [0.3, 0.4) is 0 Å². The number of aromatic nitrogens is 2. The van der Waals surface area contributed by atoms with Crippen molar-refractivity contribution >= 4 is 32.1 Å². The predicted molar refractivity (Wildman–Crippen MR) is 88.5 cm³/mol. The van der Waals surface area contributed by atoms with Gasteiger partial charge in [0.1, 0.15) is 0 Å². The molecule has 0 aromatic carbocycles. The zero-order valence-corrected chi connectivity index (χ0v) is 13.0. The molecule has 4 heterocycles. The maximum atomic E-state index is 2.31. The van der Waals surface area contributed by atoms with Crippen LogP contribution in [0, 0.1) is 0 Å². The van der Waals surface area contributed by atoms with Gasteiger partial charge in [-0.2, -0.15) is 0 Å². The molecule has 0 bridgehead atoms. The van der Waals surface area contributed by atoms with E-state index < -0.39 is 0 Å². The molecule has 0 spiro atoms. The molecular formula is C16H14N2S2. The third kappa shape index (κ3) is 1.76. The zero-order valence-electron chi connectivity index (χ0n) is 11.3. The molecule has 0 fully saturated rings. The topological polar surface area (TPSA) is 9.86 Å². The Kier molecular flexibility index (Phi) is 2.62. The number of thiophene rings is 2. The van der Waals surface area contributed by atoms with E-state index >= 15 is 0 Å². The van der Waals surface area contributed by atoms with Crippen molar-refractivity contribution in [1.82, 2.24) is 9.13 Å². The van der Waals surface area contributed by atoms with Gasteiger partial charge in [0.25, 0.3) is 0 Å². The normalized spacial score (nSPS) is 11.5. The average Bonchev–Trinajstić information content (AvgIpc) is 3.10. The highest BCUT2D eigenvalue weighted by Gasteiger charge is 2.12. The SMILES string of the molecule is Cn1cccc1-c1cc2sc(-c3cccn3C)cc2s1. The Labute approximate surface area is 125 Å². The molecule has 0 saturated carbocycles. The van der Waals surface area contributed by atoms with E-state index in [0.717, 1.165) is 0 Å². The van der Waals surface area contributed by atoms with E-state index in [1.165, 1.54) is 30.5 Å². The van der Waals surface area contributed by atoms with Gasteiger partial charge in [0.15, 0.2) is 0 Å². The fourth-order valence-corrected chi connectivity index (χ4v) is 5.05. The van der Waals surface area contributed by atoms with E-state index in [9.17, 15) is 0 Å². The lowest BCUT2D eigenvalue weighted by Crippen LogP contribution is -1.86. The van der Waals surface area contributed by atoms with Crippen LogP contribution in [0.2, 0.25) is 0 Å². The van der Waals surface area contributed by atoms with E-state index in [1.54, 1.807) is 0 Å². The highest BCUT2D eigenvalue weighted by molar-refractivity contribution is 7.31. The van der Waals surface area contributed by atoms with E-state index in [4.69, 9.17) is 0 Å². The van der Waals surface area contributed by atoms with Gasteiger partial charge >= 0.3 is 0 Å². The van der Waals surface area contributed by atoms with Gasteiger partial charge in [-0.25, -0.2) is 0 Å². The van der Waals surface area contributed by atoms with E-state index in [2.05, 4.69) is 72.0 Å². The summed E-state index contributed by atoms with van der Waals surface area (Å²) in [5.74, 6) is 0. The van der Waals surface area contributed by atoms with Crippen LogP contribution in [0.1, 0.15) is 0 Å². The maximum absolute atomic E-state index is 2.31. The van der Waals surface area contributed by atoms with E-state index in [1.807, 2.05) is 22.7 Å². The molecule has 4 heteroatoms. The highest BCUT2D eigenvalue weighted by atomic mass is 32.1. The molecule has 0 saturated heterocycles. The van der Waals surface area contributed by atoms with Crippen molar-refractivity contribution in [1.29, 1.82) is 0 Å². The second-order valence-electron chi connectivity index (χ2n) is 4.96. The summed E-state index contributed by atoms with van der Waals surface area (Å²) >= 11 is 3.75. The third-order valence-corrected chi connectivity index (χ3v) is 5.94. The van der Waals surface area contributed by atoms with Crippen LogP contribution >= 0.6 is 22.7 Å². The van der Waals surface area contributed by atoms with Gasteiger partial charge < -0.3 is 9.13 Å². The Morgan fingerprint density at radius 2 is 1.20 bits per heavy atom. The minimum absolute atomic E-state index is 1.29. The number of hydrogen-bond donors (Lipinski definition) is 0. The molecule has 2 nitrogen and oxygen atoms in total. The molecule has 4 aromatic heterocycles. The van der Waals surface area contributed by atoms with Gasteiger partial charge in [-0.3, -0.25) is 0 Å². The van der Waals surface area contributed by atoms with E-state index in [-0.39, 0.29) is 0 Å². The summed E-state index contributed by atoms with van der Waals surface area (Å²) in [6.07, 6.45) is 4.19. The first-order chi connectivity index (χ1) is 9.72. The van der Waals surface area contributed by atoms with Crippen molar-refractivity contribution in [3.05, 3.63) is 48.8 Å². The fraction of sp³-hybridized carbons (Fsp3) is 0.125. The van der Waals surface area contributed by atoms with Crippen LogP contribution in [-0.2, 0) is 14.1 Å². The van der Waals surface area contributed by atoms with Crippen LogP contribution in [0.4, 0.5) is 0 Å². The van der Waals surface area contributed by atoms with Crippen LogP contribution in [0.25, 0.3) is 30.5 Å². The lowest BCUT2D eigenvalue weighted by atomic mass is 10.3. The molecule has 4 aromatic rings. The van der Waals surface area contributed by atoms with Gasteiger partial charge in [-0.05, 0) is 36.4 Å². The molecule has 0 aliphatic rings. The monoisotopic (exact) mass is 298 g/mol. The lowest BCUT2D eigenvalue weighted by Gasteiger charge is -1.99. The minimum atomic E-state index is 1.29. The predicted octanol–water partition coefficient (Wildman–Crippen LogP) is 4.97. The van der Waals surface area contributed by atoms with Crippen molar-refractivity contribution in [2.75, 3.05) is 0 Å². The van der Waals surface area contributed by atoms with Gasteiger partial charge in [-0.15, -0.1) is 22.7 Å². The Morgan fingerprint density at radius 1 is 0.750 bits per heavy atom. The summed E-state index contributed by atoms with van der Waals surface area (Å²) in [4.78, 5) is 2.69. The molecule has 100 valence electrons. The van der Waals surface area contributed by atoms with Gasteiger partial charge in [0.05, 0.1) is 21.1 Å². The lowest BCUT2D eigenvalue weighted by molar-refractivity contribution is 0.939. The zero-order chi connectivity index (χ0) is 13.7. The largest absolute Gasteiger partial charge is 0.350 e. The number of hydrogen-bond acceptors (Lipinski definition) is 2. The molecule has 0 aliphatic heterocycles. The quantitative estimate of drug-likeness (QED) is 0.494. The van der Waals surface area contributed by atoms with Gasteiger partial charge in [0.2, 0.25) is 0 Å².